The topological polar surface area (TPSA) is 64.8 Å². The third-order valence-corrected chi connectivity index (χ3v) is 5.69. The highest BCUT2D eigenvalue weighted by atomic mass is 19.4. The molecule has 0 fully saturated rings. The van der Waals surface area contributed by atoms with Crippen molar-refractivity contribution in [3.8, 4) is 11.6 Å². The second-order valence-corrected chi connectivity index (χ2v) is 7.51. The molecule has 0 aliphatic carbocycles. The second-order valence-electron chi connectivity index (χ2n) is 7.51. The molecule has 1 spiro atoms. The normalized spacial score (nSPS) is 19.9. The summed E-state index contributed by atoms with van der Waals surface area (Å²) in [7, 11) is 1.51. The number of aromatic nitrogens is 1. The maximum Gasteiger partial charge on any atom is 0.449 e. The summed E-state index contributed by atoms with van der Waals surface area (Å²) in [6, 6.07) is 12.8. The van der Waals surface area contributed by atoms with Gasteiger partial charge in [-0.05, 0) is 29.8 Å². The molecule has 0 N–H and O–H groups in total. The molecule has 1 unspecified atom stereocenters. The number of carbonyl (C=O) groups excluding carboxylic acids is 1. The minimum atomic E-state index is -4.58. The van der Waals surface area contributed by atoms with Crippen molar-refractivity contribution >= 4 is 11.6 Å². The Morgan fingerprint density at radius 2 is 1.97 bits per heavy atom. The number of amides is 1. The van der Waals surface area contributed by atoms with Gasteiger partial charge in [0, 0.05) is 18.2 Å². The highest BCUT2D eigenvalue weighted by molar-refractivity contribution is 5.98. The summed E-state index contributed by atoms with van der Waals surface area (Å²) in [6.45, 7) is 0.124. The molecule has 2 aromatic heterocycles. The van der Waals surface area contributed by atoms with Crippen LogP contribution in [0.25, 0.3) is 0 Å². The number of hydrogen-bond donors (Lipinski definition) is 0. The Morgan fingerprint density at radius 1 is 1.16 bits per heavy atom. The van der Waals surface area contributed by atoms with Crippen LogP contribution in [0, 0.1) is 0 Å². The summed E-state index contributed by atoms with van der Waals surface area (Å²) in [5, 5.41) is 0. The van der Waals surface area contributed by atoms with Gasteiger partial charge in [-0.1, -0.05) is 18.2 Å². The number of para-hydroxylation sites is 1. The molecule has 6 nitrogen and oxygen atoms in total. The first-order valence-electron chi connectivity index (χ1n) is 9.56. The van der Waals surface area contributed by atoms with Crippen LogP contribution in [0.2, 0.25) is 0 Å². The van der Waals surface area contributed by atoms with E-state index in [1.165, 1.54) is 18.1 Å². The molecule has 1 atom stereocenters. The Balaban J connectivity index is 1.57. The van der Waals surface area contributed by atoms with E-state index in [1.54, 1.807) is 24.3 Å². The molecule has 4 heterocycles. The molecule has 0 bridgehead atoms. The van der Waals surface area contributed by atoms with E-state index in [0.29, 0.717) is 23.0 Å². The van der Waals surface area contributed by atoms with Crippen molar-refractivity contribution in [2.45, 2.75) is 24.6 Å². The Labute approximate surface area is 175 Å². The molecule has 0 saturated carbocycles. The Bertz CT molecular complexity index is 1170. The zero-order valence-corrected chi connectivity index (χ0v) is 16.4. The van der Waals surface area contributed by atoms with Crippen molar-refractivity contribution < 1.29 is 31.9 Å². The van der Waals surface area contributed by atoms with E-state index in [4.69, 9.17) is 13.9 Å². The van der Waals surface area contributed by atoms with Gasteiger partial charge in [0.15, 0.2) is 0 Å². The van der Waals surface area contributed by atoms with Gasteiger partial charge in [-0.15, -0.1) is 0 Å². The van der Waals surface area contributed by atoms with Crippen molar-refractivity contribution in [1.82, 2.24) is 4.98 Å². The Hall–Kier alpha value is -3.49. The molecule has 160 valence electrons. The number of pyridine rings is 1. The van der Waals surface area contributed by atoms with Crippen LogP contribution in [-0.4, -0.2) is 24.6 Å². The Morgan fingerprint density at radius 3 is 2.71 bits per heavy atom. The van der Waals surface area contributed by atoms with Crippen LogP contribution >= 0.6 is 0 Å². The SMILES string of the molecule is COc1ccc2c(n1)C1(CO2)CC(=O)N(Cc2ccc(C(F)(F)F)o2)c2ccccc21. The first-order valence-corrected chi connectivity index (χ1v) is 9.56. The van der Waals surface area contributed by atoms with Crippen LogP contribution in [0.1, 0.15) is 29.2 Å². The molecule has 0 radical (unpaired) electrons. The maximum atomic E-state index is 13.2. The van der Waals surface area contributed by atoms with Crippen LogP contribution < -0.4 is 14.4 Å². The molecular weight excluding hydrogens is 413 g/mol. The van der Waals surface area contributed by atoms with E-state index in [0.717, 1.165) is 11.6 Å². The quantitative estimate of drug-likeness (QED) is 0.619. The average Bonchev–Trinajstić information content (AvgIpc) is 3.37. The van der Waals surface area contributed by atoms with Crippen LogP contribution in [0.15, 0.2) is 52.9 Å². The molecular formula is C22H17F3N2O4. The number of ether oxygens (including phenoxy) is 2. The van der Waals surface area contributed by atoms with Crippen molar-refractivity contribution in [2.75, 3.05) is 18.6 Å². The fraction of sp³-hybridized carbons (Fsp3) is 0.273. The third kappa shape index (κ3) is 3.03. The number of methoxy groups -OCH3 is 1. The van der Waals surface area contributed by atoms with Gasteiger partial charge in [-0.2, -0.15) is 13.2 Å². The van der Waals surface area contributed by atoms with Gasteiger partial charge in [0.25, 0.3) is 0 Å². The number of hydrogen-bond acceptors (Lipinski definition) is 5. The lowest BCUT2D eigenvalue weighted by Gasteiger charge is -2.39. The van der Waals surface area contributed by atoms with Gasteiger partial charge in [0.1, 0.15) is 23.8 Å². The molecule has 3 aromatic rings. The molecule has 2 aliphatic rings. The zero-order chi connectivity index (χ0) is 21.8. The number of halogens is 3. The van der Waals surface area contributed by atoms with Crippen molar-refractivity contribution in [3.63, 3.8) is 0 Å². The zero-order valence-electron chi connectivity index (χ0n) is 16.4. The van der Waals surface area contributed by atoms with E-state index in [-0.39, 0.29) is 31.2 Å². The maximum absolute atomic E-state index is 13.2. The number of furan rings is 1. The van der Waals surface area contributed by atoms with Crippen molar-refractivity contribution in [3.05, 3.63) is 71.3 Å². The van der Waals surface area contributed by atoms with Gasteiger partial charge in [-0.25, -0.2) is 4.98 Å². The highest BCUT2D eigenvalue weighted by Crippen LogP contribution is 2.51. The summed E-state index contributed by atoms with van der Waals surface area (Å²) in [6.07, 6.45) is -4.52. The van der Waals surface area contributed by atoms with Crippen molar-refractivity contribution in [1.29, 1.82) is 0 Å². The lowest BCUT2D eigenvalue weighted by atomic mass is 9.72. The third-order valence-electron chi connectivity index (χ3n) is 5.69. The van der Waals surface area contributed by atoms with E-state index in [9.17, 15) is 18.0 Å². The fourth-order valence-corrected chi connectivity index (χ4v) is 4.25. The number of nitrogens with zero attached hydrogens (tertiary/aromatic N) is 2. The molecule has 1 aromatic carbocycles. The molecule has 1 amide bonds. The number of carbonyl (C=O) groups is 1. The smallest absolute Gasteiger partial charge is 0.449 e. The monoisotopic (exact) mass is 430 g/mol. The average molecular weight is 430 g/mol. The summed E-state index contributed by atoms with van der Waals surface area (Å²) in [5.41, 5.74) is 1.22. The summed E-state index contributed by atoms with van der Waals surface area (Å²) in [5.74, 6) is -0.311. The summed E-state index contributed by atoms with van der Waals surface area (Å²) >= 11 is 0. The van der Waals surface area contributed by atoms with E-state index < -0.39 is 17.4 Å². The molecule has 5 rings (SSSR count). The van der Waals surface area contributed by atoms with Crippen LogP contribution in [0.5, 0.6) is 11.6 Å². The predicted molar refractivity (Wildman–Crippen MR) is 103 cm³/mol. The first-order chi connectivity index (χ1) is 14.8. The Kier molecular flexibility index (Phi) is 4.25. The van der Waals surface area contributed by atoms with Crippen molar-refractivity contribution in [2.24, 2.45) is 0 Å². The summed E-state index contributed by atoms with van der Waals surface area (Å²) in [4.78, 5) is 19.2. The summed E-state index contributed by atoms with van der Waals surface area (Å²) < 4.78 is 54.7. The fourth-order valence-electron chi connectivity index (χ4n) is 4.25. The van der Waals surface area contributed by atoms with Crippen LogP contribution in [0.4, 0.5) is 18.9 Å². The minimum Gasteiger partial charge on any atom is -0.490 e. The van der Waals surface area contributed by atoms with Gasteiger partial charge >= 0.3 is 6.18 Å². The van der Waals surface area contributed by atoms with E-state index in [2.05, 4.69) is 4.98 Å². The van der Waals surface area contributed by atoms with Gasteiger partial charge in [-0.3, -0.25) is 4.79 Å². The van der Waals surface area contributed by atoms with Crippen LogP contribution in [0.3, 0.4) is 0 Å². The lowest BCUT2D eigenvalue weighted by Crippen LogP contribution is -2.46. The minimum absolute atomic E-state index is 0.0503. The number of anilines is 1. The number of benzene rings is 1. The predicted octanol–water partition coefficient (Wildman–Crippen LogP) is 4.32. The molecule has 2 aliphatic heterocycles. The molecule has 31 heavy (non-hydrogen) atoms. The number of alkyl halides is 3. The van der Waals surface area contributed by atoms with Gasteiger partial charge in [0.2, 0.25) is 17.5 Å². The molecule has 0 saturated heterocycles. The second kappa shape index (κ2) is 6.76. The first kappa shape index (κ1) is 19.5. The lowest BCUT2D eigenvalue weighted by molar-refractivity contribution is -0.153. The standard InChI is InChI=1S/C22H17F3N2O4/c1-29-18-9-7-16-20(26-18)21(12-30-16)10-19(28)27(15-5-3-2-4-14(15)21)11-13-6-8-17(31-13)22(23,24)25/h2-9H,10-12H2,1H3. The number of rotatable bonds is 3. The van der Waals surface area contributed by atoms with E-state index >= 15 is 0 Å². The van der Waals surface area contributed by atoms with Gasteiger partial charge < -0.3 is 18.8 Å². The molecule has 9 heteroatoms. The van der Waals surface area contributed by atoms with Gasteiger partial charge in [0.05, 0.1) is 19.1 Å². The largest absolute Gasteiger partial charge is 0.490 e. The highest BCUT2D eigenvalue weighted by Gasteiger charge is 2.51. The number of fused-ring (bicyclic) bond motifs is 4. The van der Waals surface area contributed by atoms with E-state index in [1.807, 2.05) is 12.1 Å². The van der Waals surface area contributed by atoms with Crippen LogP contribution in [-0.2, 0) is 22.9 Å².